The van der Waals surface area contributed by atoms with Gasteiger partial charge in [0.25, 0.3) is 15.9 Å². The average molecular weight is 592 g/mol. The van der Waals surface area contributed by atoms with E-state index in [1.54, 1.807) is 48.5 Å². The zero-order valence-electron chi connectivity index (χ0n) is 20.1. The SMILES string of the molecule is Cc1ccccc1C(=O)Oc1ccc(Br)cc1/C=N\NC(=O)c1ccc(NS(=O)(=O)c2ccccc2)cc1. The summed E-state index contributed by atoms with van der Waals surface area (Å²) in [4.78, 5) is 25.3. The van der Waals surface area contributed by atoms with E-state index >= 15 is 0 Å². The first-order chi connectivity index (χ1) is 18.2. The number of anilines is 1. The van der Waals surface area contributed by atoms with Gasteiger partial charge < -0.3 is 4.74 Å². The summed E-state index contributed by atoms with van der Waals surface area (Å²) in [5.74, 6) is -0.742. The molecule has 2 N–H and O–H groups in total. The monoisotopic (exact) mass is 591 g/mol. The van der Waals surface area contributed by atoms with Crippen LogP contribution in [-0.2, 0) is 10.0 Å². The largest absolute Gasteiger partial charge is 0.422 e. The summed E-state index contributed by atoms with van der Waals surface area (Å²) in [5, 5.41) is 3.99. The van der Waals surface area contributed by atoms with E-state index < -0.39 is 21.9 Å². The molecule has 0 unspecified atom stereocenters. The van der Waals surface area contributed by atoms with E-state index in [2.05, 4.69) is 31.2 Å². The van der Waals surface area contributed by atoms with Crippen molar-refractivity contribution in [3.05, 3.63) is 124 Å². The van der Waals surface area contributed by atoms with Gasteiger partial charge in [-0.15, -0.1) is 0 Å². The van der Waals surface area contributed by atoms with Gasteiger partial charge in [0, 0.05) is 21.3 Å². The number of nitrogens with one attached hydrogen (secondary N) is 2. The number of sulfonamides is 1. The second kappa shape index (κ2) is 11.8. The highest BCUT2D eigenvalue weighted by atomic mass is 79.9. The van der Waals surface area contributed by atoms with E-state index in [1.165, 1.54) is 42.6 Å². The normalized spacial score (nSPS) is 11.2. The van der Waals surface area contributed by atoms with Crippen molar-refractivity contribution in [1.82, 2.24) is 5.43 Å². The number of halogens is 1. The first-order valence-corrected chi connectivity index (χ1v) is 13.6. The van der Waals surface area contributed by atoms with Gasteiger partial charge in [0.1, 0.15) is 5.75 Å². The third-order valence-electron chi connectivity index (χ3n) is 5.36. The highest BCUT2D eigenvalue weighted by Gasteiger charge is 2.15. The third-order valence-corrected chi connectivity index (χ3v) is 7.25. The molecule has 8 nitrogen and oxygen atoms in total. The maximum Gasteiger partial charge on any atom is 0.343 e. The molecule has 0 atom stereocenters. The van der Waals surface area contributed by atoms with Gasteiger partial charge in [0.05, 0.1) is 16.7 Å². The van der Waals surface area contributed by atoms with Gasteiger partial charge in [-0.1, -0.05) is 52.3 Å². The van der Waals surface area contributed by atoms with Crippen molar-refractivity contribution in [2.75, 3.05) is 4.72 Å². The molecule has 4 aromatic rings. The molecule has 192 valence electrons. The van der Waals surface area contributed by atoms with Crippen LogP contribution < -0.4 is 14.9 Å². The third kappa shape index (κ3) is 6.72. The number of carbonyl (C=O) groups is 2. The minimum Gasteiger partial charge on any atom is -0.422 e. The van der Waals surface area contributed by atoms with Crippen molar-refractivity contribution in [2.24, 2.45) is 5.10 Å². The molecule has 0 aromatic heterocycles. The Hall–Kier alpha value is -4.28. The van der Waals surface area contributed by atoms with Crippen LogP contribution in [0.25, 0.3) is 0 Å². The molecule has 0 heterocycles. The number of carbonyl (C=O) groups excluding carboxylic acids is 2. The lowest BCUT2D eigenvalue weighted by molar-refractivity contribution is 0.0733. The predicted octanol–water partition coefficient (Wildman–Crippen LogP) is 5.54. The van der Waals surface area contributed by atoms with Crippen LogP contribution in [0.2, 0.25) is 0 Å². The van der Waals surface area contributed by atoms with E-state index in [-0.39, 0.29) is 16.2 Å². The highest BCUT2D eigenvalue weighted by Crippen LogP contribution is 2.23. The fourth-order valence-corrected chi connectivity index (χ4v) is 4.86. The number of nitrogens with zero attached hydrogens (tertiary/aromatic N) is 1. The van der Waals surface area contributed by atoms with E-state index in [9.17, 15) is 18.0 Å². The van der Waals surface area contributed by atoms with Crippen molar-refractivity contribution >= 4 is 49.7 Å². The van der Waals surface area contributed by atoms with E-state index in [0.717, 1.165) is 10.0 Å². The van der Waals surface area contributed by atoms with Crippen LogP contribution in [0, 0.1) is 6.92 Å². The number of hydrazone groups is 1. The molecule has 0 saturated heterocycles. The van der Waals surface area contributed by atoms with E-state index in [1.807, 2.05) is 19.1 Å². The Balaban J connectivity index is 1.42. The summed E-state index contributed by atoms with van der Waals surface area (Å²) >= 11 is 3.38. The molecular weight excluding hydrogens is 570 g/mol. The van der Waals surface area contributed by atoms with Gasteiger partial charge >= 0.3 is 5.97 Å². The smallest absolute Gasteiger partial charge is 0.343 e. The van der Waals surface area contributed by atoms with Gasteiger partial charge in [-0.05, 0) is 73.2 Å². The van der Waals surface area contributed by atoms with Gasteiger partial charge in [-0.3, -0.25) is 9.52 Å². The summed E-state index contributed by atoms with van der Waals surface area (Å²) in [7, 11) is -3.74. The summed E-state index contributed by atoms with van der Waals surface area (Å²) < 4.78 is 33.7. The predicted molar refractivity (Wildman–Crippen MR) is 149 cm³/mol. The molecule has 0 spiro atoms. The second-order valence-corrected chi connectivity index (χ2v) is 10.7. The molecule has 4 aromatic carbocycles. The van der Waals surface area contributed by atoms with Crippen LogP contribution in [-0.4, -0.2) is 26.5 Å². The van der Waals surface area contributed by atoms with Crippen LogP contribution in [0.5, 0.6) is 5.75 Å². The number of aryl methyl sites for hydroxylation is 1. The number of hydrogen-bond acceptors (Lipinski definition) is 6. The van der Waals surface area contributed by atoms with Crippen LogP contribution in [0.4, 0.5) is 5.69 Å². The molecule has 0 radical (unpaired) electrons. The summed E-state index contributed by atoms with van der Waals surface area (Å²) in [6.45, 7) is 1.82. The standard InChI is InChI=1S/C28H22BrN3O5S/c1-19-7-5-6-10-25(19)28(34)37-26-16-13-22(29)17-21(26)18-30-31-27(33)20-11-14-23(15-12-20)32-38(35,36)24-8-3-2-4-9-24/h2-18,32H,1H3,(H,31,33)/b30-18-. The lowest BCUT2D eigenvalue weighted by Gasteiger charge is -2.10. The molecule has 10 heteroatoms. The summed E-state index contributed by atoms with van der Waals surface area (Å²) in [6, 6.07) is 26.0. The maximum atomic E-state index is 12.6. The van der Waals surface area contributed by atoms with Crippen LogP contribution in [0.15, 0.2) is 112 Å². The quantitative estimate of drug-likeness (QED) is 0.121. The Kier molecular flexibility index (Phi) is 8.35. The minimum absolute atomic E-state index is 0.132. The number of esters is 1. The highest BCUT2D eigenvalue weighted by molar-refractivity contribution is 9.10. The molecule has 0 aliphatic rings. The van der Waals surface area contributed by atoms with Gasteiger partial charge in [-0.2, -0.15) is 5.10 Å². The Morgan fingerprint density at radius 1 is 0.895 bits per heavy atom. The van der Waals surface area contributed by atoms with Crippen LogP contribution in [0.3, 0.4) is 0 Å². The molecule has 0 aliphatic heterocycles. The fourth-order valence-electron chi connectivity index (χ4n) is 3.40. The number of hydrogen-bond donors (Lipinski definition) is 2. The Morgan fingerprint density at radius 3 is 2.29 bits per heavy atom. The number of benzene rings is 4. The summed E-state index contributed by atoms with van der Waals surface area (Å²) in [6.07, 6.45) is 1.37. The Bertz CT molecular complexity index is 1610. The van der Waals surface area contributed by atoms with Crippen molar-refractivity contribution in [3.63, 3.8) is 0 Å². The maximum absolute atomic E-state index is 12.6. The lowest BCUT2D eigenvalue weighted by Crippen LogP contribution is -2.18. The number of amides is 1. The van der Waals surface area contributed by atoms with Crippen LogP contribution >= 0.6 is 15.9 Å². The Labute approximate surface area is 228 Å². The van der Waals surface area contributed by atoms with Gasteiger partial charge in [0.2, 0.25) is 0 Å². The van der Waals surface area contributed by atoms with Gasteiger partial charge in [0.15, 0.2) is 0 Å². The molecule has 0 aliphatic carbocycles. The molecular formula is C28H22BrN3O5S. The average Bonchev–Trinajstić information content (AvgIpc) is 2.91. The van der Waals surface area contributed by atoms with Crippen LogP contribution in [0.1, 0.15) is 31.8 Å². The number of ether oxygens (including phenoxy) is 1. The minimum atomic E-state index is -3.74. The number of rotatable bonds is 8. The topological polar surface area (TPSA) is 114 Å². The molecule has 1 amide bonds. The molecule has 4 rings (SSSR count). The van der Waals surface area contributed by atoms with Gasteiger partial charge in [-0.25, -0.2) is 18.6 Å². The fraction of sp³-hybridized carbons (Fsp3) is 0.0357. The van der Waals surface area contributed by atoms with Crippen molar-refractivity contribution < 1.29 is 22.7 Å². The van der Waals surface area contributed by atoms with Crippen molar-refractivity contribution in [3.8, 4) is 5.75 Å². The Morgan fingerprint density at radius 2 is 1.58 bits per heavy atom. The van der Waals surface area contributed by atoms with Crippen molar-refractivity contribution in [1.29, 1.82) is 0 Å². The summed E-state index contributed by atoms with van der Waals surface area (Å²) in [5.41, 5.74) is 4.69. The molecule has 38 heavy (non-hydrogen) atoms. The zero-order valence-corrected chi connectivity index (χ0v) is 22.5. The zero-order chi connectivity index (χ0) is 27.1. The molecule has 0 saturated carbocycles. The van der Waals surface area contributed by atoms with E-state index in [0.29, 0.717) is 16.8 Å². The first-order valence-electron chi connectivity index (χ1n) is 11.3. The second-order valence-electron chi connectivity index (χ2n) is 8.08. The lowest BCUT2D eigenvalue weighted by atomic mass is 10.1. The van der Waals surface area contributed by atoms with Crippen molar-refractivity contribution in [2.45, 2.75) is 11.8 Å². The molecule has 0 fully saturated rings. The molecule has 0 bridgehead atoms. The van der Waals surface area contributed by atoms with E-state index in [4.69, 9.17) is 4.74 Å². The first kappa shape index (κ1) is 26.8.